The van der Waals surface area contributed by atoms with Gasteiger partial charge in [0.25, 0.3) is 0 Å². The lowest BCUT2D eigenvalue weighted by Crippen LogP contribution is -2.01. The molecule has 0 fully saturated rings. The van der Waals surface area contributed by atoms with Crippen LogP contribution in [0.4, 0.5) is 5.69 Å². The molecule has 0 aliphatic heterocycles. The fraction of sp³-hybridized carbons (Fsp3) is 0.267. The van der Waals surface area contributed by atoms with Crippen LogP contribution in [-0.2, 0) is 11.3 Å². The second kappa shape index (κ2) is 5.61. The number of anilines is 1. The van der Waals surface area contributed by atoms with E-state index in [0.717, 1.165) is 5.69 Å². The highest BCUT2D eigenvalue weighted by Crippen LogP contribution is 2.17. The maximum atomic E-state index is 11.5. The number of carbonyl (C=O) groups excluding carboxylic acids is 1. The molecule has 0 aliphatic carbocycles. The highest BCUT2D eigenvalue weighted by Gasteiger charge is 2.14. The zero-order chi connectivity index (χ0) is 13.8. The Kier molecular flexibility index (Phi) is 3.90. The van der Waals surface area contributed by atoms with E-state index in [2.05, 4.69) is 16.1 Å². The Bertz CT molecular complexity index is 587. The van der Waals surface area contributed by atoms with Crippen LogP contribution in [0, 0.1) is 13.8 Å². The molecule has 0 bridgehead atoms. The van der Waals surface area contributed by atoms with Crippen molar-refractivity contribution in [2.75, 3.05) is 12.4 Å². The van der Waals surface area contributed by atoms with Crippen LogP contribution in [0.3, 0.4) is 0 Å². The van der Waals surface area contributed by atoms with Crippen LogP contribution in [0.5, 0.6) is 0 Å². The molecule has 4 heteroatoms. The molecule has 2 aromatic rings. The average Bonchev–Trinajstić information content (AvgIpc) is 2.77. The third-order valence-electron chi connectivity index (χ3n) is 2.86. The fourth-order valence-electron chi connectivity index (χ4n) is 1.89. The van der Waals surface area contributed by atoms with Gasteiger partial charge in [-0.05, 0) is 37.6 Å². The fourth-order valence-corrected chi connectivity index (χ4v) is 1.89. The number of furan rings is 1. The van der Waals surface area contributed by atoms with Crippen molar-refractivity contribution < 1.29 is 13.9 Å². The van der Waals surface area contributed by atoms with Gasteiger partial charge in [0.15, 0.2) is 0 Å². The van der Waals surface area contributed by atoms with Gasteiger partial charge in [-0.2, -0.15) is 0 Å². The maximum Gasteiger partial charge on any atom is 0.341 e. The molecule has 0 saturated carbocycles. The zero-order valence-corrected chi connectivity index (χ0v) is 11.3. The van der Waals surface area contributed by atoms with Crippen LogP contribution >= 0.6 is 0 Å². The van der Waals surface area contributed by atoms with Crippen molar-refractivity contribution in [3.63, 3.8) is 0 Å². The van der Waals surface area contributed by atoms with Gasteiger partial charge in [0.2, 0.25) is 0 Å². The molecule has 4 nitrogen and oxygen atoms in total. The van der Waals surface area contributed by atoms with Gasteiger partial charge in [-0.3, -0.25) is 0 Å². The minimum atomic E-state index is -0.372. The minimum Gasteiger partial charge on any atom is -0.465 e. The summed E-state index contributed by atoms with van der Waals surface area (Å²) in [7, 11) is 1.36. The Morgan fingerprint density at radius 1 is 1.32 bits per heavy atom. The number of hydrogen-bond donors (Lipinski definition) is 1. The van der Waals surface area contributed by atoms with Crippen molar-refractivity contribution in [3.05, 3.63) is 53.0 Å². The Labute approximate surface area is 112 Å². The highest BCUT2D eigenvalue weighted by molar-refractivity contribution is 5.90. The zero-order valence-electron chi connectivity index (χ0n) is 11.3. The van der Waals surface area contributed by atoms with Crippen molar-refractivity contribution in [1.29, 1.82) is 0 Å². The molecule has 0 spiro atoms. The summed E-state index contributed by atoms with van der Waals surface area (Å²) < 4.78 is 10.2. The lowest BCUT2D eigenvalue weighted by Gasteiger charge is -2.04. The largest absolute Gasteiger partial charge is 0.465 e. The van der Waals surface area contributed by atoms with Gasteiger partial charge in [0.05, 0.1) is 13.7 Å². The summed E-state index contributed by atoms with van der Waals surface area (Å²) in [5, 5.41) is 3.25. The van der Waals surface area contributed by atoms with Crippen LogP contribution in [0.2, 0.25) is 0 Å². The van der Waals surface area contributed by atoms with E-state index >= 15 is 0 Å². The van der Waals surface area contributed by atoms with Crippen molar-refractivity contribution >= 4 is 11.7 Å². The first-order valence-corrected chi connectivity index (χ1v) is 6.08. The Morgan fingerprint density at radius 2 is 2.11 bits per heavy atom. The number of rotatable bonds is 4. The first-order chi connectivity index (χ1) is 9.10. The van der Waals surface area contributed by atoms with E-state index < -0.39 is 0 Å². The average molecular weight is 259 g/mol. The third-order valence-corrected chi connectivity index (χ3v) is 2.86. The molecule has 0 aliphatic rings. The SMILES string of the molecule is COC(=O)c1cc(CNc2cccc(C)c2)oc1C. The summed E-state index contributed by atoms with van der Waals surface area (Å²) in [4.78, 5) is 11.5. The molecule has 0 amide bonds. The van der Waals surface area contributed by atoms with E-state index in [9.17, 15) is 4.79 Å². The summed E-state index contributed by atoms with van der Waals surface area (Å²) in [6.45, 7) is 4.32. The number of ether oxygens (including phenoxy) is 1. The summed E-state index contributed by atoms with van der Waals surface area (Å²) in [5.41, 5.74) is 2.69. The summed E-state index contributed by atoms with van der Waals surface area (Å²) in [6, 6.07) is 9.79. The van der Waals surface area contributed by atoms with Crippen LogP contribution in [0.15, 0.2) is 34.7 Å². The second-order valence-corrected chi connectivity index (χ2v) is 4.40. The Morgan fingerprint density at radius 3 is 2.79 bits per heavy atom. The normalized spacial score (nSPS) is 10.3. The number of carbonyl (C=O) groups is 1. The van der Waals surface area contributed by atoms with E-state index in [1.165, 1.54) is 12.7 Å². The first kappa shape index (κ1) is 13.2. The second-order valence-electron chi connectivity index (χ2n) is 4.40. The van der Waals surface area contributed by atoms with Gasteiger partial charge < -0.3 is 14.5 Å². The number of hydrogen-bond acceptors (Lipinski definition) is 4. The predicted molar refractivity (Wildman–Crippen MR) is 73.3 cm³/mol. The molecule has 1 aromatic carbocycles. The van der Waals surface area contributed by atoms with Gasteiger partial charge >= 0.3 is 5.97 Å². The molecule has 0 saturated heterocycles. The third kappa shape index (κ3) is 3.16. The van der Waals surface area contributed by atoms with Gasteiger partial charge in [-0.15, -0.1) is 0 Å². The van der Waals surface area contributed by atoms with E-state index in [1.807, 2.05) is 25.1 Å². The number of benzene rings is 1. The molecule has 1 heterocycles. The molecule has 100 valence electrons. The highest BCUT2D eigenvalue weighted by atomic mass is 16.5. The smallest absolute Gasteiger partial charge is 0.341 e. The predicted octanol–water partition coefficient (Wildman–Crippen LogP) is 3.30. The summed E-state index contributed by atoms with van der Waals surface area (Å²) in [6.07, 6.45) is 0. The van der Waals surface area contributed by atoms with Gasteiger partial charge in [0, 0.05) is 5.69 Å². The summed E-state index contributed by atoms with van der Waals surface area (Å²) in [5.74, 6) is 0.912. The van der Waals surface area contributed by atoms with E-state index in [4.69, 9.17) is 4.42 Å². The Hall–Kier alpha value is -2.23. The number of nitrogens with one attached hydrogen (secondary N) is 1. The van der Waals surface area contributed by atoms with E-state index in [-0.39, 0.29) is 5.97 Å². The molecule has 2 rings (SSSR count). The molecule has 1 aromatic heterocycles. The molecule has 1 N–H and O–H groups in total. The molecule has 19 heavy (non-hydrogen) atoms. The molecule has 0 radical (unpaired) electrons. The van der Waals surface area contributed by atoms with Gasteiger partial charge in [0.1, 0.15) is 17.1 Å². The van der Waals surface area contributed by atoms with Crippen LogP contribution in [0.25, 0.3) is 0 Å². The topological polar surface area (TPSA) is 51.5 Å². The minimum absolute atomic E-state index is 0.372. The van der Waals surface area contributed by atoms with Crippen molar-refractivity contribution in [2.24, 2.45) is 0 Å². The molecular weight excluding hydrogens is 242 g/mol. The van der Waals surface area contributed by atoms with Crippen molar-refractivity contribution in [3.8, 4) is 0 Å². The van der Waals surface area contributed by atoms with Crippen LogP contribution in [0.1, 0.15) is 27.4 Å². The van der Waals surface area contributed by atoms with Gasteiger partial charge in [-0.25, -0.2) is 4.79 Å². The lowest BCUT2D eigenvalue weighted by molar-refractivity contribution is 0.0599. The standard InChI is InChI=1S/C15H17NO3/c1-10-5-4-6-12(7-10)16-9-13-8-14(11(2)19-13)15(17)18-3/h4-8,16H,9H2,1-3H3. The number of methoxy groups -OCH3 is 1. The maximum absolute atomic E-state index is 11.5. The lowest BCUT2D eigenvalue weighted by atomic mass is 10.2. The van der Waals surface area contributed by atoms with Gasteiger partial charge in [-0.1, -0.05) is 12.1 Å². The van der Waals surface area contributed by atoms with E-state index in [0.29, 0.717) is 23.6 Å². The number of esters is 1. The molecular formula is C15H17NO3. The molecule has 0 unspecified atom stereocenters. The van der Waals surface area contributed by atoms with Crippen molar-refractivity contribution in [1.82, 2.24) is 0 Å². The molecule has 0 atom stereocenters. The number of aryl methyl sites for hydroxylation is 2. The first-order valence-electron chi connectivity index (χ1n) is 6.08. The quantitative estimate of drug-likeness (QED) is 0.856. The summed E-state index contributed by atoms with van der Waals surface area (Å²) >= 11 is 0. The van der Waals surface area contributed by atoms with Crippen molar-refractivity contribution in [2.45, 2.75) is 20.4 Å². The van der Waals surface area contributed by atoms with E-state index in [1.54, 1.807) is 13.0 Å². The monoisotopic (exact) mass is 259 g/mol. The van der Waals surface area contributed by atoms with Crippen LogP contribution in [-0.4, -0.2) is 13.1 Å². The Balaban J connectivity index is 2.06. The van der Waals surface area contributed by atoms with Crippen LogP contribution < -0.4 is 5.32 Å².